The molecule has 0 heterocycles. The molecule has 0 aliphatic heterocycles. The van der Waals surface area contributed by atoms with Crippen LogP contribution < -0.4 is 10.6 Å². The molecule has 114 valence electrons. The largest absolute Gasteiger partial charge is 0.481 e. The highest BCUT2D eigenvalue weighted by atomic mass is 79.9. The van der Waals surface area contributed by atoms with Crippen LogP contribution in [0.4, 0.5) is 14.9 Å². The molecule has 0 unspecified atom stereocenters. The van der Waals surface area contributed by atoms with Crippen LogP contribution in [0.5, 0.6) is 0 Å². The van der Waals surface area contributed by atoms with Gasteiger partial charge in [0.1, 0.15) is 11.9 Å². The molecule has 1 atom stereocenters. The van der Waals surface area contributed by atoms with Gasteiger partial charge in [0.15, 0.2) is 0 Å². The van der Waals surface area contributed by atoms with E-state index in [2.05, 4.69) is 21.2 Å². The number of carbonyl (C=O) groups excluding carboxylic acids is 1. The van der Waals surface area contributed by atoms with Gasteiger partial charge in [-0.1, -0.05) is 0 Å². The molecule has 7 nitrogen and oxygen atoms in total. The quantitative estimate of drug-likeness (QED) is 0.638. The first-order valence-electron chi connectivity index (χ1n) is 5.68. The van der Waals surface area contributed by atoms with Crippen molar-refractivity contribution in [1.29, 1.82) is 0 Å². The molecule has 0 fully saturated rings. The van der Waals surface area contributed by atoms with Crippen LogP contribution in [0.1, 0.15) is 12.0 Å². The fraction of sp³-hybridized carbons (Fsp3) is 0.250. The second-order valence-electron chi connectivity index (χ2n) is 4.17. The lowest BCUT2D eigenvalue weighted by atomic mass is 10.2. The molecule has 2 amide bonds. The lowest BCUT2D eigenvalue weighted by molar-refractivity contribution is -0.145. The van der Waals surface area contributed by atoms with Crippen molar-refractivity contribution >= 4 is 39.6 Å². The molecule has 0 saturated heterocycles. The summed E-state index contributed by atoms with van der Waals surface area (Å²) in [6.07, 6.45) is -0.767. The van der Waals surface area contributed by atoms with Gasteiger partial charge in [0.25, 0.3) is 0 Å². The second-order valence-corrected chi connectivity index (χ2v) is 5.02. The van der Waals surface area contributed by atoms with Crippen molar-refractivity contribution in [2.75, 3.05) is 5.32 Å². The van der Waals surface area contributed by atoms with E-state index in [1.54, 1.807) is 6.92 Å². The van der Waals surface area contributed by atoms with Crippen LogP contribution in [-0.4, -0.2) is 34.2 Å². The van der Waals surface area contributed by atoms with Crippen molar-refractivity contribution < 1.29 is 29.0 Å². The van der Waals surface area contributed by atoms with Crippen molar-refractivity contribution in [2.45, 2.75) is 19.4 Å². The molecule has 0 spiro atoms. The number of carboxylic acid groups (broad SMARTS) is 2. The third-order valence-corrected chi connectivity index (χ3v) is 3.11. The first kappa shape index (κ1) is 16.9. The Morgan fingerprint density at radius 1 is 1.33 bits per heavy atom. The van der Waals surface area contributed by atoms with Gasteiger partial charge in [-0.05, 0) is 40.5 Å². The Kier molecular flexibility index (Phi) is 5.65. The van der Waals surface area contributed by atoms with E-state index in [-0.39, 0.29) is 10.2 Å². The summed E-state index contributed by atoms with van der Waals surface area (Å²) in [6.45, 7) is 1.62. The van der Waals surface area contributed by atoms with E-state index in [0.29, 0.717) is 5.56 Å². The van der Waals surface area contributed by atoms with Crippen molar-refractivity contribution in [3.63, 3.8) is 0 Å². The van der Waals surface area contributed by atoms with Gasteiger partial charge in [-0.3, -0.25) is 4.79 Å². The number of nitrogens with one attached hydrogen (secondary N) is 2. The minimum atomic E-state index is -1.58. The van der Waals surface area contributed by atoms with Crippen LogP contribution in [0.15, 0.2) is 16.6 Å². The highest BCUT2D eigenvalue weighted by Crippen LogP contribution is 2.23. The number of anilines is 1. The van der Waals surface area contributed by atoms with Crippen LogP contribution in [-0.2, 0) is 9.59 Å². The highest BCUT2D eigenvalue weighted by molar-refractivity contribution is 9.10. The molecule has 9 heteroatoms. The fourth-order valence-electron chi connectivity index (χ4n) is 1.47. The Morgan fingerprint density at radius 3 is 2.48 bits per heavy atom. The second kappa shape index (κ2) is 7.02. The summed E-state index contributed by atoms with van der Waals surface area (Å²) >= 11 is 2.99. The summed E-state index contributed by atoms with van der Waals surface area (Å²) in [6, 6.07) is -0.0142. The third-order valence-electron chi connectivity index (χ3n) is 2.50. The first-order valence-corrected chi connectivity index (χ1v) is 6.47. The van der Waals surface area contributed by atoms with Gasteiger partial charge in [0.2, 0.25) is 0 Å². The van der Waals surface area contributed by atoms with Gasteiger partial charge in [-0.15, -0.1) is 0 Å². The van der Waals surface area contributed by atoms with Crippen molar-refractivity contribution in [1.82, 2.24) is 5.32 Å². The molecule has 0 radical (unpaired) electrons. The van der Waals surface area contributed by atoms with Gasteiger partial charge >= 0.3 is 18.0 Å². The van der Waals surface area contributed by atoms with E-state index in [0.717, 1.165) is 6.07 Å². The fourth-order valence-corrected chi connectivity index (χ4v) is 1.93. The summed E-state index contributed by atoms with van der Waals surface area (Å²) in [5.41, 5.74) is 0.691. The Balaban J connectivity index is 2.79. The number of carboxylic acids is 2. The SMILES string of the molecule is Cc1cc(Br)c(F)cc1NC(=O)N[C@H](CC(=O)O)C(=O)O. The third kappa shape index (κ3) is 5.03. The minimum Gasteiger partial charge on any atom is -0.481 e. The molecule has 0 saturated carbocycles. The zero-order chi connectivity index (χ0) is 16.2. The number of rotatable bonds is 5. The highest BCUT2D eigenvalue weighted by Gasteiger charge is 2.23. The monoisotopic (exact) mass is 362 g/mol. The molecular formula is C12H12BrFN2O5. The summed E-state index contributed by atoms with van der Waals surface area (Å²) in [7, 11) is 0. The summed E-state index contributed by atoms with van der Waals surface area (Å²) in [5.74, 6) is -3.45. The standard InChI is InChI=1S/C12H12BrFN2O5/c1-5-2-6(13)7(14)3-8(5)15-12(21)16-9(11(19)20)4-10(17)18/h2-3,9H,4H2,1H3,(H,17,18)(H,19,20)(H2,15,16,21)/t9-/m1/s1. The average Bonchev–Trinajstić information content (AvgIpc) is 2.34. The maximum Gasteiger partial charge on any atom is 0.326 e. The molecule has 1 rings (SSSR count). The van der Waals surface area contributed by atoms with E-state index in [1.165, 1.54) is 6.07 Å². The molecule has 0 aromatic heterocycles. The molecule has 1 aromatic rings. The predicted octanol–water partition coefficient (Wildman–Crippen LogP) is 1.95. The smallest absolute Gasteiger partial charge is 0.326 e. The normalized spacial score (nSPS) is 11.6. The maximum atomic E-state index is 13.4. The van der Waals surface area contributed by atoms with Crippen LogP contribution in [0.3, 0.4) is 0 Å². The minimum absolute atomic E-state index is 0.146. The molecule has 0 bridgehead atoms. The van der Waals surface area contributed by atoms with Gasteiger partial charge in [-0.25, -0.2) is 14.0 Å². The first-order chi connectivity index (χ1) is 9.70. The number of urea groups is 1. The summed E-state index contributed by atoms with van der Waals surface area (Å²) in [4.78, 5) is 33.0. The Bertz CT molecular complexity index is 593. The molecule has 21 heavy (non-hydrogen) atoms. The zero-order valence-electron chi connectivity index (χ0n) is 10.8. The maximum absolute atomic E-state index is 13.4. The van der Waals surface area contributed by atoms with Crippen LogP contribution in [0.25, 0.3) is 0 Å². The molecular weight excluding hydrogens is 351 g/mol. The zero-order valence-corrected chi connectivity index (χ0v) is 12.4. The number of amides is 2. The van der Waals surface area contributed by atoms with E-state index < -0.39 is 36.2 Å². The number of carbonyl (C=O) groups is 3. The molecule has 0 aliphatic carbocycles. The Labute approximate surface area is 127 Å². The van der Waals surface area contributed by atoms with Crippen molar-refractivity contribution in [3.05, 3.63) is 28.0 Å². The molecule has 1 aromatic carbocycles. The van der Waals surface area contributed by atoms with Gasteiger partial charge < -0.3 is 20.8 Å². The van der Waals surface area contributed by atoms with E-state index in [4.69, 9.17) is 10.2 Å². The number of halogens is 2. The van der Waals surface area contributed by atoms with E-state index in [9.17, 15) is 18.8 Å². The van der Waals surface area contributed by atoms with Crippen LogP contribution in [0, 0.1) is 12.7 Å². The van der Waals surface area contributed by atoms with Gasteiger partial charge in [0, 0.05) is 5.69 Å². The Morgan fingerprint density at radius 2 is 1.95 bits per heavy atom. The van der Waals surface area contributed by atoms with E-state index >= 15 is 0 Å². The van der Waals surface area contributed by atoms with Crippen molar-refractivity contribution in [2.24, 2.45) is 0 Å². The number of hydrogen-bond donors (Lipinski definition) is 4. The topological polar surface area (TPSA) is 116 Å². The van der Waals surface area contributed by atoms with E-state index in [1.807, 2.05) is 5.32 Å². The number of hydrogen-bond acceptors (Lipinski definition) is 3. The van der Waals surface area contributed by atoms with Gasteiger partial charge in [-0.2, -0.15) is 0 Å². The number of aryl methyl sites for hydroxylation is 1. The average molecular weight is 363 g/mol. The number of benzene rings is 1. The van der Waals surface area contributed by atoms with Crippen LogP contribution >= 0.6 is 15.9 Å². The lowest BCUT2D eigenvalue weighted by Gasteiger charge is -2.14. The Hall–Kier alpha value is -2.16. The lowest BCUT2D eigenvalue weighted by Crippen LogP contribution is -2.44. The van der Waals surface area contributed by atoms with Gasteiger partial charge in [0.05, 0.1) is 10.9 Å². The summed E-state index contributed by atoms with van der Waals surface area (Å²) in [5, 5.41) is 21.6. The predicted molar refractivity (Wildman–Crippen MR) is 74.7 cm³/mol. The summed E-state index contributed by atoms with van der Waals surface area (Å²) < 4.78 is 13.6. The van der Waals surface area contributed by atoms with Crippen molar-refractivity contribution in [3.8, 4) is 0 Å². The molecule has 4 N–H and O–H groups in total. The van der Waals surface area contributed by atoms with Crippen LogP contribution in [0.2, 0.25) is 0 Å². The number of aliphatic carboxylic acids is 2. The molecule has 0 aliphatic rings.